The summed E-state index contributed by atoms with van der Waals surface area (Å²) < 4.78 is 0. The molecule has 0 aromatic rings. The number of hydrogen-bond donors (Lipinski definition) is 0. The Balaban J connectivity index is 7.24. The second-order valence-corrected chi connectivity index (χ2v) is 5.95. The van der Waals surface area contributed by atoms with Gasteiger partial charge in [-0.3, -0.25) is 0 Å². The molecule has 0 radical (unpaired) electrons. The van der Waals surface area contributed by atoms with Crippen LogP contribution in [-0.4, -0.2) is 90.5 Å². The van der Waals surface area contributed by atoms with E-state index in [-0.39, 0.29) is 0 Å². The molecule has 0 aromatic heterocycles. The van der Waals surface area contributed by atoms with E-state index in [0.717, 1.165) is 0 Å². The van der Waals surface area contributed by atoms with Gasteiger partial charge in [-0.1, -0.05) is 0 Å². The molecule has 0 aliphatic carbocycles. The highest BCUT2D eigenvalue weighted by Crippen LogP contribution is 2.26. The molecular formula is C8H10N8O24. The molecule has 226 valence electrons. The lowest BCUT2D eigenvalue weighted by atomic mass is 9.96. The number of hydrogen-bond acceptors (Lipinski definition) is 24. The van der Waals surface area contributed by atoms with Crippen LogP contribution in [0.5, 0.6) is 0 Å². The van der Waals surface area contributed by atoms with E-state index < -0.39 is 90.5 Å². The first-order valence-electron chi connectivity index (χ1n) is 8.86. The Morgan fingerprint density at radius 1 is 0.350 bits per heavy atom. The number of rotatable bonds is 23. The zero-order valence-corrected chi connectivity index (χ0v) is 18.3. The molecule has 0 N–H and O–H groups in total. The zero-order valence-electron chi connectivity index (χ0n) is 18.3. The van der Waals surface area contributed by atoms with Crippen molar-refractivity contribution in [3.05, 3.63) is 80.9 Å². The number of nitrogens with zero attached hydrogens (tertiary/aromatic N) is 8. The fourth-order valence-electron chi connectivity index (χ4n) is 2.55. The van der Waals surface area contributed by atoms with E-state index in [0.29, 0.717) is 0 Å². The predicted molar refractivity (Wildman–Crippen MR) is 97.1 cm³/mol. The molecule has 0 aliphatic heterocycles. The van der Waals surface area contributed by atoms with Gasteiger partial charge < -0.3 is 38.7 Å². The van der Waals surface area contributed by atoms with Gasteiger partial charge in [0.05, 0.1) is 0 Å². The first kappa shape index (κ1) is 33.6. The van der Waals surface area contributed by atoms with Crippen LogP contribution in [0.2, 0.25) is 0 Å². The van der Waals surface area contributed by atoms with Crippen molar-refractivity contribution in [2.75, 3.05) is 13.2 Å². The van der Waals surface area contributed by atoms with Gasteiger partial charge in [0.2, 0.25) is 0 Å². The highest BCUT2D eigenvalue weighted by Gasteiger charge is 2.51. The maximum Gasteiger partial charge on any atom is 0.294 e. The molecule has 6 unspecified atom stereocenters. The van der Waals surface area contributed by atoms with Crippen molar-refractivity contribution in [3.63, 3.8) is 0 Å². The largest absolute Gasteiger partial charge is 0.311 e. The van der Waals surface area contributed by atoms with Crippen LogP contribution in [0.15, 0.2) is 0 Å². The van der Waals surface area contributed by atoms with Gasteiger partial charge in [0.15, 0.2) is 36.6 Å². The Kier molecular flexibility index (Phi) is 13.2. The maximum atomic E-state index is 11.1. The summed E-state index contributed by atoms with van der Waals surface area (Å²) in [6, 6.07) is 0. The molecule has 0 aliphatic rings. The second kappa shape index (κ2) is 15.7. The summed E-state index contributed by atoms with van der Waals surface area (Å²) in [5, 5.41) is 72.0. The van der Waals surface area contributed by atoms with E-state index in [4.69, 9.17) is 0 Å². The minimum atomic E-state index is -3.36. The van der Waals surface area contributed by atoms with Crippen molar-refractivity contribution in [1.29, 1.82) is 0 Å². The van der Waals surface area contributed by atoms with E-state index in [2.05, 4.69) is 38.7 Å². The Morgan fingerprint density at radius 3 is 0.775 bits per heavy atom. The van der Waals surface area contributed by atoms with Crippen LogP contribution >= 0.6 is 0 Å². The van der Waals surface area contributed by atoms with E-state index >= 15 is 0 Å². The highest BCUT2D eigenvalue weighted by molar-refractivity contribution is 4.91. The van der Waals surface area contributed by atoms with E-state index in [1.54, 1.807) is 0 Å². The summed E-state index contributed by atoms with van der Waals surface area (Å²) in [7, 11) is 0. The molecule has 40 heavy (non-hydrogen) atoms. The molecule has 0 aromatic carbocycles. The molecule has 0 fully saturated rings. The molecule has 0 saturated heterocycles. The van der Waals surface area contributed by atoms with Gasteiger partial charge in [0, 0.05) is 0 Å². The van der Waals surface area contributed by atoms with Crippen LogP contribution in [0.3, 0.4) is 0 Å². The molecule has 0 heterocycles. The molecular weight excluding hydrogens is 592 g/mol. The summed E-state index contributed by atoms with van der Waals surface area (Å²) in [4.78, 5) is 118. The van der Waals surface area contributed by atoms with Crippen molar-refractivity contribution < 1.29 is 79.4 Å². The first-order chi connectivity index (χ1) is 18.4. The Morgan fingerprint density at radius 2 is 0.575 bits per heavy atom. The summed E-state index contributed by atoms with van der Waals surface area (Å²) >= 11 is 0. The van der Waals surface area contributed by atoms with Gasteiger partial charge in [0.1, 0.15) is 13.2 Å². The third-order valence-electron chi connectivity index (χ3n) is 3.67. The van der Waals surface area contributed by atoms with Crippen molar-refractivity contribution in [3.8, 4) is 0 Å². The molecule has 6 atom stereocenters. The normalized spacial score (nSPS) is 14.7. The van der Waals surface area contributed by atoms with Gasteiger partial charge >= 0.3 is 0 Å². The Bertz CT molecular complexity index is 897. The van der Waals surface area contributed by atoms with Crippen molar-refractivity contribution >= 4 is 0 Å². The summed E-state index contributed by atoms with van der Waals surface area (Å²) in [6.07, 6.45) is -19.0. The van der Waals surface area contributed by atoms with Crippen LogP contribution in [0.1, 0.15) is 0 Å². The van der Waals surface area contributed by atoms with Gasteiger partial charge in [-0.2, -0.15) is 0 Å². The second-order valence-electron chi connectivity index (χ2n) is 5.95. The van der Waals surface area contributed by atoms with Crippen LogP contribution < -0.4 is 0 Å². The van der Waals surface area contributed by atoms with Gasteiger partial charge in [0.25, 0.3) is 40.7 Å². The fraction of sp³-hybridized carbons (Fsp3) is 1.00. The zero-order chi connectivity index (χ0) is 31.2. The minimum Gasteiger partial charge on any atom is -0.311 e. The van der Waals surface area contributed by atoms with Crippen LogP contribution in [0.25, 0.3) is 0 Å². The monoisotopic (exact) mass is 602 g/mol. The van der Waals surface area contributed by atoms with Crippen LogP contribution in [0, 0.1) is 80.9 Å². The smallest absolute Gasteiger partial charge is 0.294 e. The lowest BCUT2D eigenvalue weighted by Gasteiger charge is -2.36. The first-order valence-corrected chi connectivity index (χ1v) is 8.86. The van der Waals surface area contributed by atoms with E-state index in [9.17, 15) is 80.9 Å². The van der Waals surface area contributed by atoms with Crippen molar-refractivity contribution in [2.24, 2.45) is 0 Å². The summed E-state index contributed by atoms with van der Waals surface area (Å²) in [6.45, 7) is -3.62. The lowest BCUT2D eigenvalue weighted by Crippen LogP contribution is -2.60. The topological polar surface area (TPSA) is 419 Å². The fourth-order valence-corrected chi connectivity index (χ4v) is 2.55. The average molecular weight is 602 g/mol. The molecule has 0 spiro atoms. The van der Waals surface area contributed by atoms with Crippen LogP contribution in [0.4, 0.5) is 0 Å². The molecule has 32 heteroatoms. The Hall–Kier alpha value is -6.40. The van der Waals surface area contributed by atoms with Gasteiger partial charge in [-0.15, -0.1) is 80.9 Å². The van der Waals surface area contributed by atoms with Crippen molar-refractivity contribution in [1.82, 2.24) is 0 Å². The maximum absolute atomic E-state index is 11.1. The summed E-state index contributed by atoms with van der Waals surface area (Å²) in [5.74, 6) is 0. The SMILES string of the molecule is O=[N+]([O-])OCC(O[N+](=O)[O-])C(O[N+](=O)[O-])C(O[N+](=O)[O-])C(O[N+](=O)[O-])C(O[N+](=O)[O-])C(CO[N+](=O)[O-])O[N+](=O)[O-]. The van der Waals surface area contributed by atoms with Gasteiger partial charge in [-0.25, -0.2) is 0 Å². The molecule has 0 rings (SSSR count). The van der Waals surface area contributed by atoms with Crippen LogP contribution in [-0.2, 0) is 38.7 Å². The quantitative estimate of drug-likeness (QED) is 0.0823. The average Bonchev–Trinajstić information content (AvgIpc) is 2.77. The standard InChI is InChI=1S/C8H10N8O24/c17-9(18)33-1-3(35-11(21)22)5(37-13(25)26)7(39-15(29)30)8(40-16(31)32)6(38-14(27)28)4(36-12(23)24)2-34-10(19)20/h3-8H,1-2H2. The third kappa shape index (κ3) is 13.1. The van der Waals surface area contributed by atoms with Gasteiger partial charge in [-0.05, 0) is 0 Å². The highest BCUT2D eigenvalue weighted by atomic mass is 17.0. The molecule has 0 saturated carbocycles. The third-order valence-corrected chi connectivity index (χ3v) is 3.67. The predicted octanol–water partition coefficient (Wildman–Crippen LogP) is -3.14. The Labute approximate surface area is 211 Å². The minimum absolute atomic E-state index is 1.69. The molecule has 32 nitrogen and oxygen atoms in total. The van der Waals surface area contributed by atoms with Crippen molar-refractivity contribution in [2.45, 2.75) is 36.6 Å². The lowest BCUT2D eigenvalue weighted by molar-refractivity contribution is -0.842. The molecule has 0 bridgehead atoms. The molecule has 0 amide bonds. The summed E-state index contributed by atoms with van der Waals surface area (Å²) in [5.41, 5.74) is 0. The van der Waals surface area contributed by atoms with E-state index in [1.165, 1.54) is 0 Å². The van der Waals surface area contributed by atoms with E-state index in [1.807, 2.05) is 0 Å².